The van der Waals surface area contributed by atoms with Gasteiger partial charge in [0.1, 0.15) is 11.9 Å². The second kappa shape index (κ2) is 9.03. The summed E-state index contributed by atoms with van der Waals surface area (Å²) in [6, 6.07) is 12.6. The standard InChI is InChI=1S/C18H16FN3O3/c1-24-17-10-14(4-7-16(17)25-9-8-20)12-21-22-18(23)11-13-2-5-15(19)6-3-13/h2-7,10,12H,9,11H2,1H3,(H,22,23)/b21-12-. The van der Waals surface area contributed by atoms with Crippen LogP contribution in [0.3, 0.4) is 0 Å². The summed E-state index contributed by atoms with van der Waals surface area (Å²) in [5.74, 6) is 0.237. The topological polar surface area (TPSA) is 83.7 Å². The quantitative estimate of drug-likeness (QED) is 0.619. The van der Waals surface area contributed by atoms with E-state index in [4.69, 9.17) is 14.7 Å². The third-order valence-corrected chi connectivity index (χ3v) is 3.16. The fourth-order valence-electron chi connectivity index (χ4n) is 2.00. The van der Waals surface area contributed by atoms with E-state index in [0.29, 0.717) is 22.6 Å². The Labute approximate surface area is 144 Å². The molecule has 2 aromatic carbocycles. The van der Waals surface area contributed by atoms with Crippen LogP contribution in [-0.4, -0.2) is 25.8 Å². The lowest BCUT2D eigenvalue weighted by molar-refractivity contribution is -0.120. The minimum absolute atomic E-state index is 0.0801. The van der Waals surface area contributed by atoms with E-state index in [1.165, 1.54) is 25.5 Å². The van der Waals surface area contributed by atoms with E-state index >= 15 is 0 Å². The fourth-order valence-corrected chi connectivity index (χ4v) is 2.00. The summed E-state index contributed by atoms with van der Waals surface area (Å²) < 4.78 is 23.2. The van der Waals surface area contributed by atoms with Gasteiger partial charge in [-0.05, 0) is 41.5 Å². The number of benzene rings is 2. The molecule has 0 aromatic heterocycles. The number of hydrogen-bond acceptors (Lipinski definition) is 5. The highest BCUT2D eigenvalue weighted by molar-refractivity contribution is 5.84. The number of rotatable bonds is 7. The van der Waals surface area contributed by atoms with Crippen molar-refractivity contribution in [3.05, 3.63) is 59.4 Å². The summed E-state index contributed by atoms with van der Waals surface area (Å²) in [6.45, 7) is -0.0801. The average molecular weight is 341 g/mol. The zero-order chi connectivity index (χ0) is 18.1. The first-order valence-electron chi connectivity index (χ1n) is 7.36. The monoisotopic (exact) mass is 341 g/mol. The molecule has 0 unspecified atom stereocenters. The third kappa shape index (κ3) is 5.62. The van der Waals surface area contributed by atoms with Gasteiger partial charge in [-0.3, -0.25) is 4.79 Å². The summed E-state index contributed by atoms with van der Waals surface area (Å²) >= 11 is 0. The van der Waals surface area contributed by atoms with E-state index in [2.05, 4.69) is 10.5 Å². The maximum absolute atomic E-state index is 12.8. The summed E-state index contributed by atoms with van der Waals surface area (Å²) in [7, 11) is 1.49. The predicted molar refractivity (Wildman–Crippen MR) is 89.9 cm³/mol. The number of carbonyl (C=O) groups excluding carboxylic acids is 1. The lowest BCUT2D eigenvalue weighted by Gasteiger charge is -2.08. The van der Waals surface area contributed by atoms with Crippen LogP contribution in [-0.2, 0) is 11.2 Å². The summed E-state index contributed by atoms with van der Waals surface area (Å²) in [6.07, 6.45) is 1.56. The van der Waals surface area contributed by atoms with Crippen molar-refractivity contribution in [3.8, 4) is 17.6 Å². The molecule has 0 fully saturated rings. The molecule has 2 aromatic rings. The smallest absolute Gasteiger partial charge is 0.244 e. The van der Waals surface area contributed by atoms with E-state index in [9.17, 15) is 9.18 Å². The Morgan fingerprint density at radius 1 is 1.28 bits per heavy atom. The number of ether oxygens (including phenoxy) is 2. The normalized spacial score (nSPS) is 10.3. The Hall–Kier alpha value is -3.40. The number of amides is 1. The van der Waals surface area contributed by atoms with Crippen LogP contribution in [0.5, 0.6) is 11.5 Å². The van der Waals surface area contributed by atoms with Crippen LogP contribution in [0.15, 0.2) is 47.6 Å². The number of hydrazone groups is 1. The first-order valence-corrected chi connectivity index (χ1v) is 7.36. The Balaban J connectivity index is 1.93. The lowest BCUT2D eigenvalue weighted by atomic mass is 10.1. The van der Waals surface area contributed by atoms with Gasteiger partial charge in [-0.2, -0.15) is 10.4 Å². The number of carbonyl (C=O) groups is 1. The molecular weight excluding hydrogens is 325 g/mol. The van der Waals surface area contributed by atoms with E-state index in [0.717, 1.165) is 0 Å². The van der Waals surface area contributed by atoms with Crippen LogP contribution < -0.4 is 14.9 Å². The molecule has 25 heavy (non-hydrogen) atoms. The van der Waals surface area contributed by atoms with Crippen molar-refractivity contribution in [2.45, 2.75) is 6.42 Å². The van der Waals surface area contributed by atoms with E-state index in [1.807, 2.05) is 6.07 Å². The molecule has 0 atom stereocenters. The van der Waals surface area contributed by atoms with Crippen molar-refractivity contribution in [2.75, 3.05) is 13.7 Å². The average Bonchev–Trinajstić information content (AvgIpc) is 2.62. The van der Waals surface area contributed by atoms with Crippen molar-refractivity contribution < 1.29 is 18.7 Å². The van der Waals surface area contributed by atoms with E-state index in [1.54, 1.807) is 30.3 Å². The van der Waals surface area contributed by atoms with Crippen molar-refractivity contribution in [1.29, 1.82) is 5.26 Å². The Bertz CT molecular complexity index is 798. The van der Waals surface area contributed by atoms with Gasteiger partial charge in [0.05, 0.1) is 19.7 Å². The number of nitrogens with one attached hydrogen (secondary N) is 1. The molecule has 1 amide bonds. The Kier molecular flexibility index (Phi) is 6.48. The number of halogens is 1. The molecule has 0 radical (unpaired) electrons. The zero-order valence-corrected chi connectivity index (χ0v) is 13.5. The van der Waals surface area contributed by atoms with Gasteiger partial charge in [0.25, 0.3) is 0 Å². The highest BCUT2D eigenvalue weighted by Gasteiger charge is 2.05. The van der Waals surface area contributed by atoms with Crippen molar-refractivity contribution >= 4 is 12.1 Å². The van der Waals surface area contributed by atoms with Crippen LogP contribution in [0.4, 0.5) is 4.39 Å². The molecule has 0 aliphatic heterocycles. The lowest BCUT2D eigenvalue weighted by Crippen LogP contribution is -2.19. The second-order valence-electron chi connectivity index (χ2n) is 4.95. The molecular formula is C18H16FN3O3. The molecule has 6 nitrogen and oxygen atoms in total. The molecule has 0 aliphatic carbocycles. The fraction of sp³-hybridized carbons (Fsp3) is 0.167. The maximum atomic E-state index is 12.8. The number of nitriles is 1. The molecule has 0 heterocycles. The molecule has 0 spiro atoms. The third-order valence-electron chi connectivity index (χ3n) is 3.16. The maximum Gasteiger partial charge on any atom is 0.244 e. The molecule has 0 saturated heterocycles. The molecule has 7 heteroatoms. The molecule has 0 bridgehead atoms. The van der Waals surface area contributed by atoms with Gasteiger partial charge in [-0.1, -0.05) is 12.1 Å². The van der Waals surface area contributed by atoms with Gasteiger partial charge in [-0.25, -0.2) is 9.82 Å². The van der Waals surface area contributed by atoms with Crippen molar-refractivity contribution in [1.82, 2.24) is 5.43 Å². The molecule has 0 saturated carbocycles. The van der Waals surface area contributed by atoms with Crippen LogP contribution in [0.2, 0.25) is 0 Å². The minimum atomic E-state index is -0.349. The zero-order valence-electron chi connectivity index (χ0n) is 13.5. The highest BCUT2D eigenvalue weighted by atomic mass is 19.1. The predicted octanol–water partition coefficient (Wildman–Crippen LogP) is 2.43. The number of hydrogen-bond donors (Lipinski definition) is 1. The summed E-state index contributed by atoms with van der Waals surface area (Å²) in [5.41, 5.74) is 3.78. The second-order valence-corrected chi connectivity index (χ2v) is 4.95. The van der Waals surface area contributed by atoms with Gasteiger partial charge in [0.15, 0.2) is 18.1 Å². The number of nitrogens with zero attached hydrogens (tertiary/aromatic N) is 2. The van der Waals surface area contributed by atoms with Crippen molar-refractivity contribution in [2.24, 2.45) is 5.10 Å². The Morgan fingerprint density at radius 2 is 2.04 bits per heavy atom. The van der Waals surface area contributed by atoms with Gasteiger partial charge in [0.2, 0.25) is 5.91 Å². The van der Waals surface area contributed by atoms with Crippen molar-refractivity contribution in [3.63, 3.8) is 0 Å². The molecule has 128 valence electrons. The SMILES string of the molecule is COc1cc(/C=N\NC(=O)Cc2ccc(F)cc2)ccc1OCC#N. The Morgan fingerprint density at radius 3 is 2.72 bits per heavy atom. The number of methoxy groups -OCH3 is 1. The van der Waals surface area contributed by atoms with Gasteiger partial charge < -0.3 is 9.47 Å². The van der Waals surface area contributed by atoms with Crippen LogP contribution in [0.1, 0.15) is 11.1 Å². The molecule has 2 rings (SSSR count). The van der Waals surface area contributed by atoms with E-state index in [-0.39, 0.29) is 24.8 Å². The van der Waals surface area contributed by atoms with Crippen LogP contribution in [0.25, 0.3) is 0 Å². The highest BCUT2D eigenvalue weighted by Crippen LogP contribution is 2.27. The van der Waals surface area contributed by atoms with Crippen LogP contribution in [0, 0.1) is 17.1 Å². The largest absolute Gasteiger partial charge is 0.493 e. The van der Waals surface area contributed by atoms with Gasteiger partial charge >= 0.3 is 0 Å². The first-order chi connectivity index (χ1) is 12.1. The first kappa shape index (κ1) is 17.9. The molecule has 1 N–H and O–H groups in total. The summed E-state index contributed by atoms with van der Waals surface area (Å²) in [4.78, 5) is 11.8. The van der Waals surface area contributed by atoms with Crippen LogP contribution >= 0.6 is 0 Å². The van der Waals surface area contributed by atoms with Gasteiger partial charge in [0, 0.05) is 0 Å². The van der Waals surface area contributed by atoms with E-state index < -0.39 is 0 Å². The summed E-state index contributed by atoms with van der Waals surface area (Å²) in [5, 5.41) is 12.4. The minimum Gasteiger partial charge on any atom is -0.493 e. The van der Waals surface area contributed by atoms with Gasteiger partial charge in [-0.15, -0.1) is 0 Å². The molecule has 0 aliphatic rings.